The zero-order valence-electron chi connectivity index (χ0n) is 9.40. The van der Waals surface area contributed by atoms with Crippen molar-refractivity contribution in [2.75, 3.05) is 0 Å². The Morgan fingerprint density at radius 1 is 1.81 bits per heavy atom. The fraction of sp³-hybridized carbons (Fsp3) is 0.636. The Bertz CT molecular complexity index is 363. The first kappa shape index (κ1) is 11.1. The second kappa shape index (κ2) is 4.25. The van der Waals surface area contributed by atoms with Crippen LogP contribution in [-0.2, 0) is 11.3 Å². The Hall–Kier alpha value is -1.36. The summed E-state index contributed by atoms with van der Waals surface area (Å²) >= 11 is 0. The molecule has 5 nitrogen and oxygen atoms in total. The summed E-state index contributed by atoms with van der Waals surface area (Å²) in [6, 6.07) is 1.69. The third kappa shape index (κ3) is 1.95. The fourth-order valence-corrected chi connectivity index (χ4v) is 2.18. The number of amides is 1. The minimum atomic E-state index is -0.431. The molecule has 3 N–H and O–H groups in total. The van der Waals surface area contributed by atoms with Crippen LogP contribution >= 0.6 is 0 Å². The van der Waals surface area contributed by atoms with Crippen molar-refractivity contribution >= 4 is 5.91 Å². The maximum absolute atomic E-state index is 12.0. The molecule has 1 heterocycles. The van der Waals surface area contributed by atoms with Gasteiger partial charge in [0.25, 0.3) is 0 Å². The summed E-state index contributed by atoms with van der Waals surface area (Å²) in [6.07, 6.45) is 4.36. The van der Waals surface area contributed by atoms with Crippen molar-refractivity contribution < 1.29 is 9.32 Å². The largest absolute Gasteiger partial charge is 0.360 e. The lowest BCUT2D eigenvalue weighted by molar-refractivity contribution is -0.130. The predicted molar refractivity (Wildman–Crippen MR) is 58.3 cm³/mol. The molecule has 2 rings (SSSR count). The lowest BCUT2D eigenvalue weighted by Gasteiger charge is -2.27. The van der Waals surface area contributed by atoms with Gasteiger partial charge in [0.2, 0.25) is 5.91 Å². The molecule has 1 aromatic heterocycles. The molecule has 5 heteroatoms. The van der Waals surface area contributed by atoms with Crippen LogP contribution in [0.5, 0.6) is 0 Å². The van der Waals surface area contributed by atoms with Crippen LogP contribution in [-0.4, -0.2) is 17.1 Å². The van der Waals surface area contributed by atoms with Crippen LogP contribution in [0.15, 0.2) is 16.8 Å². The second-order valence-electron chi connectivity index (χ2n) is 4.58. The first-order valence-corrected chi connectivity index (χ1v) is 5.56. The van der Waals surface area contributed by atoms with Crippen LogP contribution < -0.4 is 11.1 Å². The van der Waals surface area contributed by atoms with Crippen LogP contribution in [0.2, 0.25) is 0 Å². The van der Waals surface area contributed by atoms with E-state index in [9.17, 15) is 4.79 Å². The van der Waals surface area contributed by atoms with Crippen molar-refractivity contribution in [3.8, 4) is 0 Å². The van der Waals surface area contributed by atoms with E-state index in [0.717, 1.165) is 19.3 Å². The summed E-state index contributed by atoms with van der Waals surface area (Å²) in [5.41, 5.74) is 5.54. The Morgan fingerprint density at radius 2 is 2.62 bits per heavy atom. The Morgan fingerprint density at radius 3 is 3.19 bits per heavy atom. The molecule has 1 aliphatic carbocycles. The maximum Gasteiger partial charge on any atom is 0.227 e. The maximum atomic E-state index is 12.0. The van der Waals surface area contributed by atoms with Gasteiger partial charge in [-0.2, -0.15) is 0 Å². The molecule has 1 saturated carbocycles. The minimum absolute atomic E-state index is 0.00824. The van der Waals surface area contributed by atoms with Gasteiger partial charge in [-0.05, 0) is 19.8 Å². The summed E-state index contributed by atoms with van der Waals surface area (Å²) in [4.78, 5) is 12.0. The highest BCUT2D eigenvalue weighted by Crippen LogP contribution is 2.36. The van der Waals surface area contributed by atoms with Gasteiger partial charge in [-0.15, -0.1) is 0 Å². The SMILES string of the molecule is CC1(C(=O)NCc2ccno2)CCCC1N. The summed E-state index contributed by atoms with van der Waals surface area (Å²) < 4.78 is 4.91. The van der Waals surface area contributed by atoms with E-state index in [1.165, 1.54) is 0 Å². The van der Waals surface area contributed by atoms with Crippen molar-refractivity contribution in [3.63, 3.8) is 0 Å². The van der Waals surface area contributed by atoms with E-state index in [0.29, 0.717) is 12.3 Å². The first-order valence-electron chi connectivity index (χ1n) is 5.56. The van der Waals surface area contributed by atoms with E-state index in [2.05, 4.69) is 10.5 Å². The molecule has 1 aliphatic rings. The van der Waals surface area contributed by atoms with Gasteiger partial charge in [-0.3, -0.25) is 4.79 Å². The third-order valence-corrected chi connectivity index (χ3v) is 3.46. The topological polar surface area (TPSA) is 81.2 Å². The summed E-state index contributed by atoms with van der Waals surface area (Å²) in [7, 11) is 0. The highest BCUT2D eigenvalue weighted by atomic mass is 16.5. The van der Waals surface area contributed by atoms with Crippen molar-refractivity contribution in [1.29, 1.82) is 0 Å². The molecule has 0 aromatic carbocycles. The first-order chi connectivity index (χ1) is 7.63. The molecule has 0 radical (unpaired) electrons. The molecule has 1 fully saturated rings. The second-order valence-corrected chi connectivity index (χ2v) is 4.58. The molecule has 1 amide bonds. The van der Waals surface area contributed by atoms with Crippen molar-refractivity contribution in [2.45, 2.75) is 38.8 Å². The van der Waals surface area contributed by atoms with Gasteiger partial charge in [0, 0.05) is 12.1 Å². The van der Waals surface area contributed by atoms with E-state index >= 15 is 0 Å². The standard InChI is InChI=1S/C11H17N3O2/c1-11(5-2-3-9(11)12)10(15)13-7-8-4-6-14-16-8/h4,6,9H,2-3,5,7,12H2,1H3,(H,13,15). The molecule has 0 bridgehead atoms. The summed E-state index contributed by atoms with van der Waals surface area (Å²) in [5.74, 6) is 0.664. The Balaban J connectivity index is 1.93. The van der Waals surface area contributed by atoms with Crippen LogP contribution in [0, 0.1) is 5.41 Å². The quantitative estimate of drug-likeness (QED) is 0.794. The minimum Gasteiger partial charge on any atom is -0.360 e. The average molecular weight is 223 g/mol. The lowest BCUT2D eigenvalue weighted by Crippen LogP contribution is -2.47. The molecule has 0 spiro atoms. The Labute approximate surface area is 94.4 Å². The van der Waals surface area contributed by atoms with Gasteiger partial charge in [-0.25, -0.2) is 0 Å². The number of nitrogens with one attached hydrogen (secondary N) is 1. The van der Waals surface area contributed by atoms with Crippen molar-refractivity contribution in [2.24, 2.45) is 11.1 Å². The number of carbonyl (C=O) groups is 1. The number of nitrogens with two attached hydrogens (primary N) is 1. The highest BCUT2D eigenvalue weighted by Gasteiger charge is 2.42. The number of hydrogen-bond acceptors (Lipinski definition) is 4. The normalized spacial score (nSPS) is 29.2. The van der Waals surface area contributed by atoms with Crippen LogP contribution in [0.1, 0.15) is 31.9 Å². The number of hydrogen-bond donors (Lipinski definition) is 2. The fourth-order valence-electron chi connectivity index (χ4n) is 2.18. The molecule has 2 unspecified atom stereocenters. The van der Waals surface area contributed by atoms with Gasteiger partial charge in [-0.1, -0.05) is 11.6 Å². The van der Waals surface area contributed by atoms with Gasteiger partial charge in [0.1, 0.15) is 0 Å². The van der Waals surface area contributed by atoms with Gasteiger partial charge >= 0.3 is 0 Å². The van der Waals surface area contributed by atoms with E-state index in [4.69, 9.17) is 10.3 Å². The van der Waals surface area contributed by atoms with E-state index in [1.807, 2.05) is 6.92 Å². The zero-order chi connectivity index (χ0) is 11.6. The third-order valence-electron chi connectivity index (χ3n) is 3.46. The predicted octanol–water partition coefficient (Wildman–Crippen LogP) is 0.808. The molecule has 1 aromatic rings. The molecule has 0 aliphatic heterocycles. The molecule has 16 heavy (non-hydrogen) atoms. The summed E-state index contributed by atoms with van der Waals surface area (Å²) in [6.45, 7) is 2.31. The number of nitrogens with zero attached hydrogens (tertiary/aromatic N) is 1. The van der Waals surface area contributed by atoms with Gasteiger partial charge in [0.15, 0.2) is 5.76 Å². The number of carbonyl (C=O) groups excluding carboxylic acids is 1. The highest BCUT2D eigenvalue weighted by molar-refractivity contribution is 5.83. The van der Waals surface area contributed by atoms with Crippen LogP contribution in [0.4, 0.5) is 0 Å². The van der Waals surface area contributed by atoms with E-state index < -0.39 is 5.41 Å². The molecule has 0 saturated heterocycles. The molecule has 2 atom stereocenters. The van der Waals surface area contributed by atoms with Crippen molar-refractivity contribution in [3.05, 3.63) is 18.0 Å². The number of aromatic nitrogens is 1. The van der Waals surface area contributed by atoms with Crippen LogP contribution in [0.25, 0.3) is 0 Å². The molecular weight excluding hydrogens is 206 g/mol. The Kier molecular flexibility index (Phi) is 2.96. The van der Waals surface area contributed by atoms with Gasteiger partial charge < -0.3 is 15.6 Å². The molecular formula is C11H17N3O2. The van der Waals surface area contributed by atoms with Crippen molar-refractivity contribution in [1.82, 2.24) is 10.5 Å². The van der Waals surface area contributed by atoms with Crippen LogP contribution in [0.3, 0.4) is 0 Å². The lowest BCUT2D eigenvalue weighted by atomic mass is 9.84. The average Bonchev–Trinajstić information content (AvgIpc) is 2.87. The summed E-state index contributed by atoms with van der Waals surface area (Å²) in [5, 5.41) is 6.42. The number of rotatable bonds is 3. The van der Waals surface area contributed by atoms with E-state index in [-0.39, 0.29) is 11.9 Å². The zero-order valence-corrected chi connectivity index (χ0v) is 9.40. The monoisotopic (exact) mass is 223 g/mol. The van der Waals surface area contributed by atoms with E-state index in [1.54, 1.807) is 12.3 Å². The smallest absolute Gasteiger partial charge is 0.227 e. The molecule has 88 valence electrons. The van der Waals surface area contributed by atoms with Gasteiger partial charge in [0.05, 0.1) is 18.2 Å².